The molecule has 3 rings (SSSR count). The molecular formula is C14H14ClN5O3S. The molecule has 2 heterocycles. The van der Waals surface area contributed by atoms with Crippen molar-refractivity contribution in [2.75, 3.05) is 0 Å². The topological polar surface area (TPSA) is 103 Å². The molecule has 3 aromatic rings. The summed E-state index contributed by atoms with van der Waals surface area (Å²) in [6, 6.07) is 5.31. The Kier molecular flexibility index (Phi) is 4.65. The number of rotatable bonds is 6. The van der Waals surface area contributed by atoms with E-state index in [1.165, 1.54) is 12.1 Å². The van der Waals surface area contributed by atoms with Gasteiger partial charge in [-0.05, 0) is 25.1 Å². The highest BCUT2D eigenvalue weighted by molar-refractivity contribution is 7.89. The molecule has 0 aliphatic heterocycles. The van der Waals surface area contributed by atoms with E-state index >= 15 is 0 Å². The molecule has 2 aromatic heterocycles. The van der Waals surface area contributed by atoms with Crippen LogP contribution in [0.4, 0.5) is 0 Å². The van der Waals surface area contributed by atoms with Crippen molar-refractivity contribution in [1.29, 1.82) is 0 Å². The van der Waals surface area contributed by atoms with E-state index in [1.807, 2.05) is 0 Å². The van der Waals surface area contributed by atoms with Gasteiger partial charge in [-0.3, -0.25) is 0 Å². The highest BCUT2D eigenvalue weighted by Gasteiger charge is 2.22. The number of sulfonamides is 1. The maximum absolute atomic E-state index is 12.4. The fraction of sp³-hybridized carbons (Fsp3) is 0.214. The van der Waals surface area contributed by atoms with Crippen LogP contribution < -0.4 is 4.72 Å². The number of hydrogen-bond acceptors (Lipinski definition) is 6. The highest BCUT2D eigenvalue weighted by Crippen LogP contribution is 2.18. The van der Waals surface area contributed by atoms with Crippen molar-refractivity contribution < 1.29 is 12.9 Å². The lowest BCUT2D eigenvalue weighted by atomic mass is 10.4. The molecule has 0 saturated carbocycles. The fourth-order valence-electron chi connectivity index (χ4n) is 2.04. The van der Waals surface area contributed by atoms with Gasteiger partial charge >= 0.3 is 0 Å². The molecule has 0 spiro atoms. The number of nitrogens with one attached hydrogen (secondary N) is 1. The van der Waals surface area contributed by atoms with Crippen molar-refractivity contribution in [3.63, 3.8) is 0 Å². The van der Waals surface area contributed by atoms with Crippen LogP contribution in [0.1, 0.15) is 24.7 Å². The summed E-state index contributed by atoms with van der Waals surface area (Å²) in [5.74, 6) is 0.604. The van der Waals surface area contributed by atoms with Gasteiger partial charge in [-0.2, -0.15) is 9.71 Å². The summed E-state index contributed by atoms with van der Waals surface area (Å²) in [6.45, 7) is 2.01. The van der Waals surface area contributed by atoms with Crippen molar-refractivity contribution in [1.82, 2.24) is 24.4 Å². The monoisotopic (exact) mass is 367 g/mol. The van der Waals surface area contributed by atoms with Gasteiger partial charge in [-0.1, -0.05) is 22.8 Å². The van der Waals surface area contributed by atoms with Gasteiger partial charge < -0.3 is 9.09 Å². The second-order valence-corrected chi connectivity index (χ2v) is 7.23. The molecule has 0 unspecified atom stereocenters. The van der Waals surface area contributed by atoms with E-state index in [0.29, 0.717) is 17.4 Å². The summed E-state index contributed by atoms with van der Waals surface area (Å²) < 4.78 is 34.1. The average Bonchev–Trinajstić information content (AvgIpc) is 3.19. The molecule has 8 nitrogen and oxygen atoms in total. The summed E-state index contributed by atoms with van der Waals surface area (Å²) in [5, 5.41) is 4.18. The molecule has 0 radical (unpaired) electrons. The lowest BCUT2D eigenvalue weighted by Crippen LogP contribution is -2.27. The van der Waals surface area contributed by atoms with E-state index in [2.05, 4.69) is 19.8 Å². The molecule has 0 amide bonds. The van der Waals surface area contributed by atoms with Gasteiger partial charge in [0.1, 0.15) is 0 Å². The first-order chi connectivity index (χ1) is 11.4. The third kappa shape index (κ3) is 3.81. The summed E-state index contributed by atoms with van der Waals surface area (Å²) in [4.78, 5) is 8.19. The maximum atomic E-state index is 12.4. The van der Waals surface area contributed by atoms with Gasteiger partial charge in [0.05, 0.1) is 23.8 Å². The molecule has 10 heteroatoms. The third-order valence-electron chi connectivity index (χ3n) is 3.18. The Balaban J connectivity index is 1.72. The van der Waals surface area contributed by atoms with E-state index in [9.17, 15) is 8.42 Å². The molecule has 24 heavy (non-hydrogen) atoms. The predicted octanol–water partition coefficient (Wildman–Crippen LogP) is 2.01. The highest BCUT2D eigenvalue weighted by atomic mass is 35.5. The zero-order valence-electron chi connectivity index (χ0n) is 12.6. The predicted molar refractivity (Wildman–Crippen MR) is 85.8 cm³/mol. The van der Waals surface area contributed by atoms with E-state index in [-0.39, 0.29) is 10.8 Å². The molecule has 0 aliphatic rings. The van der Waals surface area contributed by atoms with Crippen LogP contribution in [0.5, 0.6) is 0 Å². The molecule has 1 N–H and O–H groups in total. The van der Waals surface area contributed by atoms with Crippen LogP contribution in [-0.4, -0.2) is 28.1 Å². The maximum Gasteiger partial charge on any atom is 0.244 e. The van der Waals surface area contributed by atoms with Crippen molar-refractivity contribution >= 4 is 21.6 Å². The van der Waals surface area contributed by atoms with Crippen LogP contribution in [0.2, 0.25) is 5.02 Å². The second-order valence-electron chi connectivity index (χ2n) is 5.08. The van der Waals surface area contributed by atoms with Gasteiger partial charge in [0, 0.05) is 17.4 Å². The van der Waals surface area contributed by atoms with Gasteiger partial charge in [0.2, 0.25) is 15.9 Å². The number of aromatic nitrogens is 4. The summed E-state index contributed by atoms with van der Waals surface area (Å²) in [7, 11) is -3.75. The molecule has 0 saturated heterocycles. The Labute approximate surface area is 143 Å². The standard InChI is InChI=1S/C14H14ClN5O3S/c1-10(19-24(21,22)12-4-2-3-11(15)7-12)14-17-13(18-23-14)8-20-6-5-16-9-20/h2-7,9-10,19H,8H2,1H3/t10-/m0/s1. The Morgan fingerprint density at radius 3 is 2.96 bits per heavy atom. The van der Waals surface area contributed by atoms with Gasteiger partial charge in [-0.15, -0.1) is 0 Å². The van der Waals surface area contributed by atoms with Crippen molar-refractivity contribution in [2.45, 2.75) is 24.4 Å². The fourth-order valence-corrected chi connectivity index (χ4v) is 3.53. The molecule has 1 atom stereocenters. The van der Waals surface area contributed by atoms with Crippen LogP contribution in [-0.2, 0) is 16.6 Å². The first kappa shape index (κ1) is 16.6. The first-order valence-corrected chi connectivity index (χ1v) is 8.86. The molecule has 0 fully saturated rings. The minimum atomic E-state index is -3.75. The van der Waals surface area contributed by atoms with Gasteiger partial charge in [0.15, 0.2) is 5.82 Å². The van der Waals surface area contributed by atoms with Crippen molar-refractivity contribution in [3.8, 4) is 0 Å². The van der Waals surface area contributed by atoms with Crippen molar-refractivity contribution in [3.05, 3.63) is 59.7 Å². The van der Waals surface area contributed by atoms with Gasteiger partial charge in [0.25, 0.3) is 0 Å². The zero-order valence-corrected chi connectivity index (χ0v) is 14.2. The third-order valence-corrected chi connectivity index (χ3v) is 4.95. The van der Waals surface area contributed by atoms with Crippen LogP contribution in [0.25, 0.3) is 0 Å². The zero-order chi connectivity index (χ0) is 17.2. The largest absolute Gasteiger partial charge is 0.338 e. The molecule has 0 aliphatic carbocycles. The second kappa shape index (κ2) is 6.71. The lowest BCUT2D eigenvalue weighted by molar-refractivity contribution is 0.349. The average molecular weight is 368 g/mol. The minimum Gasteiger partial charge on any atom is -0.338 e. The lowest BCUT2D eigenvalue weighted by Gasteiger charge is -2.10. The van der Waals surface area contributed by atoms with E-state index in [0.717, 1.165) is 0 Å². The van der Waals surface area contributed by atoms with Crippen LogP contribution >= 0.6 is 11.6 Å². The normalized spacial score (nSPS) is 13.1. The molecule has 1 aromatic carbocycles. The molecule has 126 valence electrons. The summed E-state index contributed by atoms with van der Waals surface area (Å²) in [6.07, 6.45) is 5.03. The Morgan fingerprint density at radius 2 is 2.25 bits per heavy atom. The van der Waals surface area contributed by atoms with Crippen LogP contribution in [0.15, 0.2) is 52.4 Å². The van der Waals surface area contributed by atoms with Crippen molar-refractivity contribution in [2.24, 2.45) is 0 Å². The van der Waals surface area contributed by atoms with Crippen LogP contribution in [0.3, 0.4) is 0 Å². The van der Waals surface area contributed by atoms with Gasteiger partial charge in [-0.25, -0.2) is 13.4 Å². The molecule has 0 bridgehead atoms. The van der Waals surface area contributed by atoms with E-state index in [1.54, 1.807) is 42.3 Å². The van der Waals surface area contributed by atoms with Crippen LogP contribution in [0, 0.1) is 0 Å². The number of halogens is 1. The Hall–Kier alpha value is -2.23. The van der Waals surface area contributed by atoms with E-state index in [4.69, 9.17) is 16.1 Å². The number of nitrogens with zero attached hydrogens (tertiary/aromatic N) is 4. The minimum absolute atomic E-state index is 0.0694. The summed E-state index contributed by atoms with van der Waals surface area (Å²) in [5.41, 5.74) is 0. The quantitative estimate of drug-likeness (QED) is 0.714. The first-order valence-electron chi connectivity index (χ1n) is 7.00. The van der Waals surface area contributed by atoms with E-state index < -0.39 is 16.1 Å². The summed E-state index contributed by atoms with van der Waals surface area (Å²) >= 11 is 5.83. The number of benzene rings is 1. The number of hydrogen-bond donors (Lipinski definition) is 1. The Morgan fingerprint density at radius 1 is 1.42 bits per heavy atom. The smallest absolute Gasteiger partial charge is 0.244 e. The SMILES string of the molecule is C[C@H](NS(=O)(=O)c1cccc(Cl)c1)c1nc(Cn2ccnc2)no1. The Bertz CT molecular complexity index is 924. The number of imidazole rings is 1. The molecular weight excluding hydrogens is 354 g/mol.